The topological polar surface area (TPSA) is 59.0 Å². The molecule has 0 bridgehead atoms. The number of unbranched alkanes of at least 4 members (excludes halogenated alkanes) is 5. The Morgan fingerprint density at radius 3 is 2.03 bits per heavy atom. The summed E-state index contributed by atoms with van der Waals surface area (Å²) in [4.78, 5) is 15.3. The Hall–Kier alpha value is -2.08. The molecule has 0 fully saturated rings. The number of aliphatic hydroxyl groups is 1. The van der Waals surface area contributed by atoms with Crippen LogP contribution in [0, 0.1) is 0 Å². The summed E-state index contributed by atoms with van der Waals surface area (Å²) in [5.74, 6) is 0.0687. The van der Waals surface area contributed by atoms with Crippen LogP contribution in [-0.2, 0) is 15.1 Å². The second-order valence-electron chi connectivity index (χ2n) is 8.38. The third kappa shape index (κ3) is 8.94. The van der Waals surface area contributed by atoms with Crippen LogP contribution in [-0.4, -0.2) is 48.8 Å². The zero-order valence-electron chi connectivity index (χ0n) is 21.0. The van der Waals surface area contributed by atoms with Crippen molar-refractivity contribution >= 4 is 18.4 Å². The predicted molar refractivity (Wildman–Crippen MR) is 141 cm³/mol. The lowest BCUT2D eigenvalue weighted by Gasteiger charge is -2.28. The van der Waals surface area contributed by atoms with Crippen LogP contribution in [0.4, 0.5) is 0 Å². The lowest BCUT2D eigenvalue weighted by molar-refractivity contribution is -0.162. The van der Waals surface area contributed by atoms with Crippen LogP contribution in [0.5, 0.6) is 5.75 Å². The lowest BCUT2D eigenvalue weighted by atomic mass is 9.86. The van der Waals surface area contributed by atoms with Crippen molar-refractivity contribution in [1.29, 1.82) is 0 Å². The summed E-state index contributed by atoms with van der Waals surface area (Å²) in [7, 11) is 0. The van der Waals surface area contributed by atoms with Crippen molar-refractivity contribution in [3.05, 3.63) is 65.7 Å². The third-order valence-corrected chi connectivity index (χ3v) is 6.06. The van der Waals surface area contributed by atoms with Crippen molar-refractivity contribution in [2.45, 2.75) is 64.9 Å². The zero-order chi connectivity index (χ0) is 23.9. The quantitative estimate of drug-likeness (QED) is 0.231. The Morgan fingerprint density at radius 2 is 1.41 bits per heavy atom. The van der Waals surface area contributed by atoms with Gasteiger partial charge < -0.3 is 19.5 Å². The number of hydrogen-bond donors (Lipinski definition) is 1. The summed E-state index contributed by atoms with van der Waals surface area (Å²) in [6.45, 7) is 9.67. The van der Waals surface area contributed by atoms with E-state index in [-0.39, 0.29) is 19.0 Å². The van der Waals surface area contributed by atoms with Gasteiger partial charge in [0.15, 0.2) is 0 Å². The molecule has 0 heterocycles. The SMILES string of the molecule is CCCCCCCCOc1ccc(C(O)(C(=O)OCCN(CC)CC)c2ccccc2)cc1.Cl. The number of rotatable bonds is 16. The molecule has 0 spiro atoms. The number of ether oxygens (including phenoxy) is 2. The molecule has 0 aliphatic heterocycles. The molecule has 1 N–H and O–H groups in total. The average Bonchev–Trinajstić information content (AvgIpc) is 2.86. The van der Waals surface area contributed by atoms with Gasteiger partial charge in [-0.05, 0) is 42.8 Å². The molecule has 2 rings (SSSR count). The van der Waals surface area contributed by atoms with E-state index < -0.39 is 11.6 Å². The first-order valence-electron chi connectivity index (χ1n) is 12.5. The Balaban J connectivity index is 0.00000578. The van der Waals surface area contributed by atoms with Gasteiger partial charge in [-0.15, -0.1) is 12.4 Å². The van der Waals surface area contributed by atoms with Crippen LogP contribution in [0.3, 0.4) is 0 Å². The van der Waals surface area contributed by atoms with E-state index in [1.807, 2.05) is 30.3 Å². The van der Waals surface area contributed by atoms with E-state index >= 15 is 0 Å². The molecule has 2 aromatic carbocycles. The maximum atomic E-state index is 13.1. The van der Waals surface area contributed by atoms with Crippen LogP contribution in [0.1, 0.15) is 70.4 Å². The molecule has 0 saturated heterocycles. The Labute approximate surface area is 211 Å². The summed E-state index contributed by atoms with van der Waals surface area (Å²) in [6, 6.07) is 16.1. The van der Waals surface area contributed by atoms with Gasteiger partial charge in [0.1, 0.15) is 12.4 Å². The van der Waals surface area contributed by atoms with Crippen molar-refractivity contribution in [3.8, 4) is 5.75 Å². The molecule has 0 saturated carbocycles. The summed E-state index contributed by atoms with van der Waals surface area (Å²) in [6.07, 6.45) is 7.28. The first-order chi connectivity index (χ1) is 16.1. The number of halogens is 1. The molecule has 1 atom stereocenters. The molecule has 0 aliphatic carbocycles. The molecule has 6 heteroatoms. The molecular formula is C28H42ClNO4. The number of carbonyl (C=O) groups is 1. The molecule has 0 aliphatic rings. The minimum atomic E-state index is -1.87. The van der Waals surface area contributed by atoms with Crippen molar-refractivity contribution in [2.24, 2.45) is 0 Å². The van der Waals surface area contributed by atoms with E-state index in [1.165, 1.54) is 32.1 Å². The summed E-state index contributed by atoms with van der Waals surface area (Å²) in [5, 5.41) is 11.6. The van der Waals surface area contributed by atoms with Crippen molar-refractivity contribution in [2.75, 3.05) is 32.8 Å². The van der Waals surface area contributed by atoms with Gasteiger partial charge in [0.25, 0.3) is 0 Å². The Bertz CT molecular complexity index is 796. The zero-order valence-corrected chi connectivity index (χ0v) is 21.8. The summed E-state index contributed by atoms with van der Waals surface area (Å²) < 4.78 is 11.4. The van der Waals surface area contributed by atoms with Crippen LogP contribution in [0.2, 0.25) is 0 Å². The van der Waals surface area contributed by atoms with E-state index in [9.17, 15) is 9.90 Å². The molecule has 1 unspecified atom stereocenters. The predicted octanol–water partition coefficient (Wildman–Crippen LogP) is 5.97. The van der Waals surface area contributed by atoms with E-state index in [1.54, 1.807) is 24.3 Å². The molecule has 0 amide bonds. The first-order valence-corrected chi connectivity index (χ1v) is 12.5. The lowest BCUT2D eigenvalue weighted by Crippen LogP contribution is -2.40. The second kappa shape index (κ2) is 16.5. The highest BCUT2D eigenvalue weighted by molar-refractivity contribution is 5.85. The highest BCUT2D eigenvalue weighted by Gasteiger charge is 2.41. The van der Waals surface area contributed by atoms with Crippen molar-refractivity contribution in [3.63, 3.8) is 0 Å². The largest absolute Gasteiger partial charge is 0.494 e. The molecule has 0 aromatic heterocycles. The normalized spacial score (nSPS) is 12.6. The summed E-state index contributed by atoms with van der Waals surface area (Å²) in [5.41, 5.74) is -0.922. The van der Waals surface area contributed by atoms with Gasteiger partial charge in [-0.1, -0.05) is 95.3 Å². The van der Waals surface area contributed by atoms with E-state index in [0.29, 0.717) is 24.3 Å². The molecule has 190 valence electrons. The second-order valence-corrected chi connectivity index (χ2v) is 8.38. The minimum absolute atomic E-state index is 0. The number of nitrogens with zero attached hydrogens (tertiary/aromatic N) is 1. The molecular weight excluding hydrogens is 450 g/mol. The van der Waals surface area contributed by atoms with Gasteiger partial charge in [0, 0.05) is 6.54 Å². The monoisotopic (exact) mass is 491 g/mol. The van der Waals surface area contributed by atoms with Crippen LogP contribution >= 0.6 is 12.4 Å². The third-order valence-electron chi connectivity index (χ3n) is 6.06. The number of esters is 1. The number of carbonyl (C=O) groups excluding carboxylic acids is 1. The first kappa shape index (κ1) is 30.0. The standard InChI is InChI=1S/C28H41NO4.ClH/c1-4-7-8-9-10-14-22-32-26-19-17-25(18-20-26)28(31,24-15-12-11-13-16-24)27(30)33-23-21-29(5-2)6-3;/h11-13,15-20,31H,4-10,14,21-23H2,1-3H3;1H. The maximum Gasteiger partial charge on any atom is 0.347 e. The fraction of sp³-hybridized carbons (Fsp3) is 0.536. The number of hydrogen-bond acceptors (Lipinski definition) is 5. The van der Waals surface area contributed by atoms with Crippen LogP contribution in [0.15, 0.2) is 54.6 Å². The molecule has 34 heavy (non-hydrogen) atoms. The van der Waals surface area contributed by atoms with E-state index in [2.05, 4.69) is 25.7 Å². The van der Waals surface area contributed by atoms with Gasteiger partial charge in [-0.3, -0.25) is 0 Å². The van der Waals surface area contributed by atoms with Gasteiger partial charge in [0.2, 0.25) is 5.60 Å². The van der Waals surface area contributed by atoms with Gasteiger partial charge in [-0.2, -0.15) is 0 Å². The fourth-order valence-electron chi connectivity index (χ4n) is 3.86. The van der Waals surface area contributed by atoms with Crippen LogP contribution < -0.4 is 4.74 Å². The highest BCUT2D eigenvalue weighted by Crippen LogP contribution is 2.32. The Morgan fingerprint density at radius 1 is 0.824 bits per heavy atom. The van der Waals surface area contributed by atoms with Gasteiger partial charge in [0.05, 0.1) is 6.61 Å². The average molecular weight is 492 g/mol. The van der Waals surface area contributed by atoms with Gasteiger partial charge in [-0.25, -0.2) is 4.79 Å². The number of likely N-dealkylation sites (N-methyl/N-ethyl adjacent to an activating group) is 1. The highest BCUT2D eigenvalue weighted by atomic mass is 35.5. The van der Waals surface area contributed by atoms with Crippen LogP contribution in [0.25, 0.3) is 0 Å². The van der Waals surface area contributed by atoms with Crippen molar-refractivity contribution in [1.82, 2.24) is 4.90 Å². The minimum Gasteiger partial charge on any atom is -0.494 e. The Kier molecular flexibility index (Phi) is 14.6. The summed E-state index contributed by atoms with van der Waals surface area (Å²) >= 11 is 0. The smallest absolute Gasteiger partial charge is 0.347 e. The van der Waals surface area contributed by atoms with Gasteiger partial charge >= 0.3 is 5.97 Å². The maximum absolute atomic E-state index is 13.1. The molecule has 0 radical (unpaired) electrons. The van der Waals surface area contributed by atoms with E-state index in [4.69, 9.17) is 9.47 Å². The fourth-order valence-corrected chi connectivity index (χ4v) is 3.86. The number of benzene rings is 2. The molecule has 2 aromatic rings. The molecule has 5 nitrogen and oxygen atoms in total. The van der Waals surface area contributed by atoms with E-state index in [0.717, 1.165) is 25.3 Å². The van der Waals surface area contributed by atoms with Crippen molar-refractivity contribution < 1.29 is 19.4 Å².